The summed E-state index contributed by atoms with van der Waals surface area (Å²) in [7, 11) is 0. The van der Waals surface area contributed by atoms with Crippen LogP contribution in [0.4, 0.5) is 0 Å². The maximum atomic E-state index is 12.2. The van der Waals surface area contributed by atoms with E-state index in [9.17, 15) is 9.59 Å². The zero-order valence-electron chi connectivity index (χ0n) is 16.2. The van der Waals surface area contributed by atoms with E-state index in [0.29, 0.717) is 31.8 Å². The van der Waals surface area contributed by atoms with Crippen molar-refractivity contribution >= 4 is 22.6 Å². The van der Waals surface area contributed by atoms with Gasteiger partial charge in [-0.1, -0.05) is 60.7 Å². The quantitative estimate of drug-likeness (QED) is 0.675. The largest absolute Gasteiger partial charge is 0.484 e. The molecule has 1 unspecified atom stereocenters. The molecule has 5 heteroatoms. The molecule has 3 aromatic rings. The summed E-state index contributed by atoms with van der Waals surface area (Å²) in [6.45, 7) is 1.73. The minimum atomic E-state index is -0.174. The highest BCUT2D eigenvalue weighted by Gasteiger charge is 2.29. The lowest BCUT2D eigenvalue weighted by Gasteiger charge is -2.17. The van der Waals surface area contributed by atoms with Crippen LogP contribution >= 0.6 is 0 Å². The van der Waals surface area contributed by atoms with Gasteiger partial charge < -0.3 is 15.0 Å². The van der Waals surface area contributed by atoms with Crippen molar-refractivity contribution in [3.05, 3.63) is 78.4 Å². The number of hydrogen-bond donors (Lipinski definition) is 1. The Morgan fingerprint density at radius 2 is 1.76 bits per heavy atom. The van der Waals surface area contributed by atoms with Crippen molar-refractivity contribution in [2.24, 2.45) is 5.92 Å². The van der Waals surface area contributed by atoms with Crippen molar-refractivity contribution < 1.29 is 14.3 Å². The molecule has 148 valence electrons. The molecule has 2 amide bonds. The molecular weight excluding hydrogens is 364 g/mol. The molecule has 1 aliphatic heterocycles. The number of nitrogens with one attached hydrogen (secondary N) is 1. The third-order valence-corrected chi connectivity index (χ3v) is 5.19. The number of carbonyl (C=O) groups is 2. The fraction of sp³-hybridized carbons (Fsp3) is 0.250. The van der Waals surface area contributed by atoms with Crippen LogP contribution in [-0.2, 0) is 16.1 Å². The Hall–Kier alpha value is -3.34. The molecule has 0 saturated carbocycles. The lowest BCUT2D eigenvalue weighted by molar-refractivity contribution is -0.128. The van der Waals surface area contributed by atoms with Gasteiger partial charge in [0, 0.05) is 32.0 Å². The number of ether oxygens (including phenoxy) is 1. The molecule has 1 N–H and O–H groups in total. The van der Waals surface area contributed by atoms with Crippen molar-refractivity contribution in [3.63, 3.8) is 0 Å². The summed E-state index contributed by atoms with van der Waals surface area (Å²) in [6, 6.07) is 23.8. The van der Waals surface area contributed by atoms with Crippen LogP contribution in [0, 0.1) is 5.92 Å². The standard InChI is InChI=1S/C24H24N2O3/c27-23(17-29-22-11-10-20-8-4-5-9-21(20)13-22)25-14-19-12-24(28)26(16-19)15-18-6-2-1-3-7-18/h1-11,13,19H,12,14-17H2,(H,25,27). The fourth-order valence-electron chi connectivity index (χ4n) is 3.66. The van der Waals surface area contributed by atoms with Gasteiger partial charge in [-0.2, -0.15) is 0 Å². The molecule has 0 bridgehead atoms. The van der Waals surface area contributed by atoms with Gasteiger partial charge in [-0.05, 0) is 28.5 Å². The number of rotatable bonds is 7. The van der Waals surface area contributed by atoms with E-state index in [4.69, 9.17) is 4.74 Å². The summed E-state index contributed by atoms with van der Waals surface area (Å²) in [4.78, 5) is 26.3. The van der Waals surface area contributed by atoms with Crippen LogP contribution in [0.3, 0.4) is 0 Å². The minimum Gasteiger partial charge on any atom is -0.484 e. The predicted octanol–water partition coefficient (Wildman–Crippen LogP) is 3.38. The number of fused-ring (bicyclic) bond motifs is 1. The number of nitrogens with zero attached hydrogens (tertiary/aromatic N) is 1. The highest BCUT2D eigenvalue weighted by molar-refractivity contribution is 5.84. The van der Waals surface area contributed by atoms with E-state index < -0.39 is 0 Å². The SMILES string of the molecule is O=C(COc1ccc2ccccc2c1)NCC1CC(=O)N(Cc2ccccc2)C1. The van der Waals surface area contributed by atoms with Gasteiger partial charge in [0.1, 0.15) is 5.75 Å². The van der Waals surface area contributed by atoms with E-state index in [1.54, 1.807) is 0 Å². The molecule has 1 atom stereocenters. The molecule has 29 heavy (non-hydrogen) atoms. The number of benzene rings is 3. The summed E-state index contributed by atoms with van der Waals surface area (Å²) < 4.78 is 5.62. The minimum absolute atomic E-state index is 0.0350. The van der Waals surface area contributed by atoms with Gasteiger partial charge >= 0.3 is 0 Å². The van der Waals surface area contributed by atoms with Crippen LogP contribution < -0.4 is 10.1 Å². The van der Waals surface area contributed by atoms with Gasteiger partial charge in [0.2, 0.25) is 5.91 Å². The molecule has 0 radical (unpaired) electrons. The Labute approximate surface area is 170 Å². The first-order chi connectivity index (χ1) is 14.2. The van der Waals surface area contributed by atoms with Crippen LogP contribution in [0.25, 0.3) is 10.8 Å². The molecule has 5 nitrogen and oxygen atoms in total. The van der Waals surface area contributed by atoms with Crippen LogP contribution in [0.15, 0.2) is 72.8 Å². The Kier molecular flexibility index (Phi) is 5.75. The average molecular weight is 388 g/mol. The Morgan fingerprint density at radius 3 is 2.59 bits per heavy atom. The summed E-state index contributed by atoms with van der Waals surface area (Å²) in [5.74, 6) is 0.771. The van der Waals surface area contributed by atoms with Gasteiger partial charge in [-0.15, -0.1) is 0 Å². The van der Waals surface area contributed by atoms with Crippen LogP contribution in [0.5, 0.6) is 5.75 Å². The van der Waals surface area contributed by atoms with Gasteiger partial charge in [-0.25, -0.2) is 0 Å². The Bertz CT molecular complexity index is 1000. The number of likely N-dealkylation sites (tertiary alicyclic amines) is 1. The molecule has 1 saturated heterocycles. The molecule has 0 spiro atoms. The first kappa shape index (κ1) is 19.0. The van der Waals surface area contributed by atoms with Gasteiger partial charge in [0.15, 0.2) is 6.61 Å². The second kappa shape index (κ2) is 8.78. The highest BCUT2D eigenvalue weighted by Crippen LogP contribution is 2.21. The van der Waals surface area contributed by atoms with E-state index in [1.807, 2.05) is 77.7 Å². The van der Waals surface area contributed by atoms with Crippen molar-refractivity contribution in [1.82, 2.24) is 10.2 Å². The van der Waals surface area contributed by atoms with Crippen LogP contribution in [0.2, 0.25) is 0 Å². The van der Waals surface area contributed by atoms with E-state index in [1.165, 1.54) is 0 Å². The average Bonchev–Trinajstić information content (AvgIpc) is 3.10. The van der Waals surface area contributed by atoms with E-state index in [-0.39, 0.29) is 24.3 Å². The Morgan fingerprint density at radius 1 is 1.00 bits per heavy atom. The lowest BCUT2D eigenvalue weighted by atomic mass is 10.1. The zero-order valence-corrected chi connectivity index (χ0v) is 16.2. The third kappa shape index (κ3) is 4.93. The lowest BCUT2D eigenvalue weighted by Crippen LogP contribution is -2.34. The Balaban J connectivity index is 1.22. The molecule has 1 heterocycles. The van der Waals surface area contributed by atoms with Crippen LogP contribution in [0.1, 0.15) is 12.0 Å². The summed E-state index contributed by atoms with van der Waals surface area (Å²) in [5, 5.41) is 5.11. The summed E-state index contributed by atoms with van der Waals surface area (Å²) >= 11 is 0. The molecule has 4 rings (SSSR count). The van der Waals surface area contributed by atoms with Crippen molar-refractivity contribution in [2.45, 2.75) is 13.0 Å². The zero-order chi connectivity index (χ0) is 20.1. The number of amides is 2. The summed E-state index contributed by atoms with van der Waals surface area (Å²) in [5.41, 5.74) is 1.12. The van der Waals surface area contributed by atoms with Crippen molar-refractivity contribution in [3.8, 4) is 5.75 Å². The predicted molar refractivity (Wildman–Crippen MR) is 112 cm³/mol. The maximum absolute atomic E-state index is 12.2. The van der Waals surface area contributed by atoms with E-state index in [0.717, 1.165) is 16.3 Å². The topological polar surface area (TPSA) is 58.6 Å². The summed E-state index contributed by atoms with van der Waals surface area (Å²) in [6.07, 6.45) is 0.471. The van der Waals surface area contributed by atoms with Gasteiger partial charge in [0.25, 0.3) is 5.91 Å². The first-order valence-corrected chi connectivity index (χ1v) is 9.87. The second-order valence-corrected chi connectivity index (χ2v) is 7.43. The molecule has 0 aliphatic carbocycles. The molecule has 1 fully saturated rings. The van der Waals surface area contributed by atoms with Gasteiger partial charge in [-0.3, -0.25) is 9.59 Å². The monoisotopic (exact) mass is 388 g/mol. The van der Waals surface area contributed by atoms with Crippen molar-refractivity contribution in [1.29, 1.82) is 0 Å². The normalized spacial score (nSPS) is 16.2. The molecule has 0 aromatic heterocycles. The third-order valence-electron chi connectivity index (χ3n) is 5.19. The highest BCUT2D eigenvalue weighted by atomic mass is 16.5. The molecule has 1 aliphatic rings. The molecule has 3 aromatic carbocycles. The molecular formula is C24H24N2O3. The maximum Gasteiger partial charge on any atom is 0.257 e. The smallest absolute Gasteiger partial charge is 0.257 e. The van der Waals surface area contributed by atoms with E-state index >= 15 is 0 Å². The van der Waals surface area contributed by atoms with Crippen LogP contribution in [-0.4, -0.2) is 36.4 Å². The second-order valence-electron chi connectivity index (χ2n) is 7.43. The van der Waals surface area contributed by atoms with Crippen molar-refractivity contribution in [2.75, 3.05) is 19.7 Å². The van der Waals surface area contributed by atoms with Gasteiger partial charge in [0.05, 0.1) is 0 Å². The fourth-order valence-corrected chi connectivity index (χ4v) is 3.66. The number of carbonyl (C=O) groups excluding carboxylic acids is 2. The first-order valence-electron chi connectivity index (χ1n) is 9.87. The van der Waals surface area contributed by atoms with E-state index in [2.05, 4.69) is 5.32 Å². The number of hydrogen-bond acceptors (Lipinski definition) is 3.